The molecule has 3 aromatic rings. The molecule has 0 amide bonds. The molecular formula is C15H10F3N2O. The molecule has 3 nitrogen and oxygen atoms in total. The molecule has 1 aromatic carbocycles. The molecule has 2 N–H and O–H groups in total. The van der Waals surface area contributed by atoms with Crippen LogP contribution in [-0.2, 0) is 12.7 Å². The van der Waals surface area contributed by atoms with Gasteiger partial charge in [0.2, 0.25) is 0 Å². The molecule has 0 aliphatic heterocycles. The summed E-state index contributed by atoms with van der Waals surface area (Å²) in [6, 6.07) is 9.62. The van der Waals surface area contributed by atoms with E-state index in [0.29, 0.717) is 22.4 Å². The lowest BCUT2D eigenvalue weighted by Gasteiger charge is -2.09. The van der Waals surface area contributed by atoms with E-state index in [1.165, 1.54) is 6.20 Å². The highest BCUT2D eigenvalue weighted by Crippen LogP contribution is 2.37. The van der Waals surface area contributed by atoms with Crippen molar-refractivity contribution in [2.24, 2.45) is 5.73 Å². The molecule has 0 unspecified atom stereocenters. The molecule has 0 aliphatic rings. The van der Waals surface area contributed by atoms with Gasteiger partial charge in [-0.05, 0) is 24.3 Å². The van der Waals surface area contributed by atoms with Gasteiger partial charge in [0.15, 0.2) is 0 Å². The predicted molar refractivity (Wildman–Crippen MR) is 71.2 cm³/mol. The molecule has 0 saturated heterocycles. The molecule has 0 aliphatic carbocycles. The van der Waals surface area contributed by atoms with Gasteiger partial charge in [-0.15, -0.1) is 0 Å². The first-order chi connectivity index (χ1) is 9.99. The van der Waals surface area contributed by atoms with Crippen molar-refractivity contribution in [3.05, 3.63) is 53.9 Å². The van der Waals surface area contributed by atoms with Crippen molar-refractivity contribution in [2.45, 2.75) is 12.7 Å². The fourth-order valence-electron chi connectivity index (χ4n) is 2.15. The highest BCUT2D eigenvalue weighted by Gasteiger charge is 2.32. The number of halogens is 3. The molecule has 1 radical (unpaired) electrons. The molecule has 107 valence electrons. The summed E-state index contributed by atoms with van der Waals surface area (Å²) in [5, 5.41) is 0.558. The molecular weight excluding hydrogens is 281 g/mol. The Morgan fingerprint density at radius 2 is 2.05 bits per heavy atom. The summed E-state index contributed by atoms with van der Waals surface area (Å²) >= 11 is 0. The second kappa shape index (κ2) is 4.89. The van der Waals surface area contributed by atoms with Crippen LogP contribution >= 0.6 is 0 Å². The van der Waals surface area contributed by atoms with Crippen LogP contribution in [0.2, 0.25) is 0 Å². The number of aromatic nitrogens is 1. The van der Waals surface area contributed by atoms with Crippen LogP contribution in [0.15, 0.2) is 40.9 Å². The Morgan fingerprint density at radius 1 is 1.24 bits per heavy atom. The number of fused-ring (bicyclic) bond motifs is 1. The van der Waals surface area contributed by atoms with Crippen LogP contribution in [0.4, 0.5) is 13.2 Å². The summed E-state index contributed by atoms with van der Waals surface area (Å²) in [6.07, 6.45) is -3.05. The van der Waals surface area contributed by atoms with E-state index in [2.05, 4.69) is 11.1 Å². The molecule has 0 fully saturated rings. The summed E-state index contributed by atoms with van der Waals surface area (Å²) in [4.78, 5) is 4.06. The SMILES string of the molecule is NCc1cc2c(-c3cc[c]cn3)cc(C(F)(F)F)cc2o1. The smallest absolute Gasteiger partial charge is 0.416 e. The molecule has 0 spiro atoms. The van der Waals surface area contributed by atoms with Crippen LogP contribution in [0.1, 0.15) is 11.3 Å². The Morgan fingerprint density at radius 3 is 2.67 bits per heavy atom. The molecule has 0 saturated carbocycles. The lowest BCUT2D eigenvalue weighted by atomic mass is 10.0. The number of nitrogens with two attached hydrogens (primary N) is 1. The van der Waals surface area contributed by atoms with E-state index >= 15 is 0 Å². The van der Waals surface area contributed by atoms with Crippen LogP contribution in [0.25, 0.3) is 22.2 Å². The minimum Gasteiger partial charge on any atom is -0.460 e. The van der Waals surface area contributed by atoms with Crippen LogP contribution < -0.4 is 5.73 Å². The van der Waals surface area contributed by atoms with Crippen LogP contribution in [0, 0.1) is 6.07 Å². The van der Waals surface area contributed by atoms with Gasteiger partial charge in [-0.25, -0.2) is 0 Å². The average molecular weight is 291 g/mol. The fraction of sp³-hybridized carbons (Fsp3) is 0.133. The molecule has 3 rings (SSSR count). The first-order valence-electron chi connectivity index (χ1n) is 6.15. The predicted octanol–water partition coefficient (Wildman–Crippen LogP) is 3.77. The number of nitrogens with zero attached hydrogens (tertiary/aromatic N) is 1. The maximum absolute atomic E-state index is 13.0. The van der Waals surface area contributed by atoms with Crippen molar-refractivity contribution in [3.8, 4) is 11.3 Å². The topological polar surface area (TPSA) is 52.0 Å². The summed E-state index contributed by atoms with van der Waals surface area (Å²) in [5.74, 6) is 0.424. The zero-order valence-corrected chi connectivity index (χ0v) is 10.7. The van der Waals surface area contributed by atoms with Gasteiger partial charge >= 0.3 is 6.18 Å². The van der Waals surface area contributed by atoms with Gasteiger partial charge < -0.3 is 10.2 Å². The number of benzene rings is 1. The summed E-state index contributed by atoms with van der Waals surface area (Å²) in [6.45, 7) is 0.117. The number of pyridine rings is 1. The van der Waals surface area contributed by atoms with Crippen molar-refractivity contribution in [3.63, 3.8) is 0 Å². The molecule has 0 bridgehead atoms. The highest BCUT2D eigenvalue weighted by molar-refractivity contribution is 5.94. The van der Waals surface area contributed by atoms with E-state index in [1.807, 2.05) is 0 Å². The van der Waals surface area contributed by atoms with E-state index in [9.17, 15) is 13.2 Å². The van der Waals surface area contributed by atoms with Crippen LogP contribution in [-0.4, -0.2) is 4.98 Å². The third-order valence-corrected chi connectivity index (χ3v) is 3.11. The second-order valence-corrected chi connectivity index (χ2v) is 4.49. The minimum absolute atomic E-state index is 0.117. The minimum atomic E-state index is -4.46. The Kier molecular flexibility index (Phi) is 3.17. The maximum atomic E-state index is 13.0. The normalized spacial score (nSPS) is 12.0. The van der Waals surface area contributed by atoms with Crippen LogP contribution in [0.5, 0.6) is 0 Å². The van der Waals surface area contributed by atoms with Crippen molar-refractivity contribution in [2.75, 3.05) is 0 Å². The lowest BCUT2D eigenvalue weighted by Crippen LogP contribution is -2.05. The number of hydrogen-bond acceptors (Lipinski definition) is 3. The summed E-state index contributed by atoms with van der Waals surface area (Å²) in [5.41, 5.74) is 5.64. The first-order valence-corrected chi connectivity index (χ1v) is 6.15. The number of hydrogen-bond donors (Lipinski definition) is 1. The first kappa shape index (κ1) is 13.6. The number of rotatable bonds is 2. The number of alkyl halides is 3. The third kappa shape index (κ3) is 2.50. The standard InChI is InChI=1S/C15H10F3N2O/c16-15(17,18)9-5-11(13-3-1-2-4-20-13)12-7-10(8-19)21-14(12)6-9/h1,3-7H,8,19H2. The molecule has 6 heteroatoms. The second-order valence-electron chi connectivity index (χ2n) is 4.49. The van der Waals surface area contributed by atoms with Crippen molar-refractivity contribution in [1.82, 2.24) is 4.98 Å². The molecule has 2 heterocycles. The van der Waals surface area contributed by atoms with Gasteiger partial charge in [0.1, 0.15) is 11.3 Å². The van der Waals surface area contributed by atoms with Gasteiger partial charge in [0.05, 0.1) is 17.8 Å². The van der Waals surface area contributed by atoms with E-state index in [-0.39, 0.29) is 12.1 Å². The summed E-state index contributed by atoms with van der Waals surface area (Å²) in [7, 11) is 0. The van der Waals surface area contributed by atoms with Gasteiger partial charge in [0, 0.05) is 23.2 Å². The zero-order valence-electron chi connectivity index (χ0n) is 10.7. The van der Waals surface area contributed by atoms with Crippen molar-refractivity contribution >= 4 is 11.0 Å². The Bertz CT molecular complexity index is 779. The molecule has 2 aromatic heterocycles. The Hall–Kier alpha value is -2.34. The van der Waals surface area contributed by atoms with E-state index in [1.54, 1.807) is 18.2 Å². The molecule has 21 heavy (non-hydrogen) atoms. The van der Waals surface area contributed by atoms with Gasteiger partial charge in [-0.3, -0.25) is 4.98 Å². The number of furan rings is 1. The fourth-order valence-corrected chi connectivity index (χ4v) is 2.15. The average Bonchev–Trinajstić information content (AvgIpc) is 2.89. The monoisotopic (exact) mass is 291 g/mol. The summed E-state index contributed by atoms with van der Waals surface area (Å²) < 4.78 is 44.4. The van der Waals surface area contributed by atoms with Gasteiger partial charge in [-0.2, -0.15) is 13.2 Å². The Balaban J connectivity index is 2.32. The van der Waals surface area contributed by atoms with Crippen molar-refractivity contribution in [1.29, 1.82) is 0 Å². The molecule has 0 atom stereocenters. The Labute approximate surface area is 118 Å². The van der Waals surface area contributed by atoms with Crippen LogP contribution in [0.3, 0.4) is 0 Å². The quantitative estimate of drug-likeness (QED) is 0.782. The van der Waals surface area contributed by atoms with Crippen molar-refractivity contribution < 1.29 is 17.6 Å². The van der Waals surface area contributed by atoms with Gasteiger partial charge in [-0.1, -0.05) is 6.07 Å². The highest BCUT2D eigenvalue weighted by atomic mass is 19.4. The largest absolute Gasteiger partial charge is 0.460 e. The maximum Gasteiger partial charge on any atom is 0.416 e. The van der Waals surface area contributed by atoms with Gasteiger partial charge in [0.25, 0.3) is 0 Å². The van der Waals surface area contributed by atoms with E-state index < -0.39 is 11.7 Å². The zero-order chi connectivity index (χ0) is 15.0. The third-order valence-electron chi connectivity index (χ3n) is 3.11. The van der Waals surface area contributed by atoms with E-state index in [4.69, 9.17) is 10.2 Å². The lowest BCUT2D eigenvalue weighted by molar-refractivity contribution is -0.137. The van der Waals surface area contributed by atoms with E-state index in [0.717, 1.165) is 12.1 Å².